The molecule has 2 atom stereocenters. The van der Waals surface area contributed by atoms with E-state index in [4.69, 9.17) is 14.5 Å². The minimum Gasteiger partial charge on any atom is -0.465 e. The van der Waals surface area contributed by atoms with Crippen LogP contribution in [0, 0.1) is 12.8 Å². The zero-order chi connectivity index (χ0) is 21.0. The molecule has 0 aromatic heterocycles. The first-order valence-corrected chi connectivity index (χ1v) is 9.77. The van der Waals surface area contributed by atoms with Gasteiger partial charge in [0.25, 0.3) is 0 Å². The summed E-state index contributed by atoms with van der Waals surface area (Å²) in [6, 6.07) is 15.1. The van der Waals surface area contributed by atoms with Gasteiger partial charge in [-0.25, -0.2) is 9.79 Å². The predicted octanol–water partition coefficient (Wildman–Crippen LogP) is 4.04. The highest BCUT2D eigenvalue weighted by Crippen LogP contribution is 2.39. The highest BCUT2D eigenvalue weighted by molar-refractivity contribution is 6.18. The number of anilines is 1. The van der Waals surface area contributed by atoms with Gasteiger partial charge in [-0.05, 0) is 51.0 Å². The lowest BCUT2D eigenvalue weighted by Gasteiger charge is -2.34. The van der Waals surface area contributed by atoms with Crippen LogP contribution in [0.1, 0.15) is 31.9 Å². The minimum atomic E-state index is -1.39. The standard InChI is InChI=1S/C23H26N2O4/c1-5-28-21(26)19-20(16-10-8-7-9-11-16)24-17-13-12-15(3)14-18(17)25-23(19,4)22(27)29-6-2/h7-14,19,25H,5-6H2,1-4H3. The van der Waals surface area contributed by atoms with Crippen molar-refractivity contribution in [3.05, 3.63) is 59.7 Å². The van der Waals surface area contributed by atoms with Crippen LogP contribution < -0.4 is 5.32 Å². The molecule has 0 fully saturated rings. The molecule has 0 bridgehead atoms. The van der Waals surface area contributed by atoms with Crippen molar-refractivity contribution in [2.24, 2.45) is 10.9 Å². The van der Waals surface area contributed by atoms with Crippen molar-refractivity contribution in [2.75, 3.05) is 18.5 Å². The molecule has 3 rings (SSSR count). The Morgan fingerprint density at radius 1 is 1.07 bits per heavy atom. The fourth-order valence-corrected chi connectivity index (χ4v) is 3.53. The number of nitrogens with zero attached hydrogens (tertiary/aromatic N) is 1. The van der Waals surface area contributed by atoms with Gasteiger partial charge < -0.3 is 14.8 Å². The zero-order valence-corrected chi connectivity index (χ0v) is 17.2. The number of rotatable bonds is 5. The summed E-state index contributed by atoms with van der Waals surface area (Å²) in [5.74, 6) is -2.05. The maximum absolute atomic E-state index is 13.1. The van der Waals surface area contributed by atoms with Gasteiger partial charge in [0.15, 0.2) is 5.54 Å². The molecule has 0 saturated carbocycles. The summed E-state index contributed by atoms with van der Waals surface area (Å²) in [4.78, 5) is 31.1. The fourth-order valence-electron chi connectivity index (χ4n) is 3.53. The molecule has 1 aliphatic heterocycles. The smallest absolute Gasteiger partial charge is 0.332 e. The molecule has 2 aromatic rings. The second kappa shape index (κ2) is 8.47. The Hall–Kier alpha value is -3.15. The number of esters is 2. The molecule has 0 saturated heterocycles. The van der Waals surface area contributed by atoms with Crippen molar-refractivity contribution >= 4 is 29.0 Å². The molecule has 0 radical (unpaired) electrons. The molecule has 29 heavy (non-hydrogen) atoms. The fraction of sp³-hybridized carbons (Fsp3) is 0.348. The largest absolute Gasteiger partial charge is 0.465 e. The average molecular weight is 394 g/mol. The third kappa shape index (κ3) is 4.01. The molecule has 1 aliphatic rings. The van der Waals surface area contributed by atoms with E-state index < -0.39 is 23.4 Å². The number of benzene rings is 2. The van der Waals surface area contributed by atoms with Crippen LogP contribution in [0.25, 0.3) is 0 Å². The Kier molecular flexibility index (Phi) is 6.01. The van der Waals surface area contributed by atoms with Gasteiger partial charge in [0.1, 0.15) is 5.92 Å². The molecular weight excluding hydrogens is 368 g/mol. The second-order valence-electron chi connectivity index (χ2n) is 7.12. The Bertz CT molecular complexity index is 939. The monoisotopic (exact) mass is 394 g/mol. The van der Waals surface area contributed by atoms with Gasteiger partial charge in [-0.15, -0.1) is 0 Å². The van der Waals surface area contributed by atoms with E-state index in [2.05, 4.69) is 5.32 Å². The van der Waals surface area contributed by atoms with Gasteiger partial charge in [-0.3, -0.25) is 4.79 Å². The summed E-state index contributed by atoms with van der Waals surface area (Å²) >= 11 is 0. The summed E-state index contributed by atoms with van der Waals surface area (Å²) in [6.07, 6.45) is 0. The van der Waals surface area contributed by atoms with Gasteiger partial charge in [0, 0.05) is 0 Å². The van der Waals surface area contributed by atoms with E-state index in [1.165, 1.54) is 0 Å². The molecule has 6 heteroatoms. The van der Waals surface area contributed by atoms with Gasteiger partial charge in [0.2, 0.25) is 0 Å². The van der Waals surface area contributed by atoms with Crippen LogP contribution in [0.4, 0.5) is 11.4 Å². The number of aryl methyl sites for hydroxylation is 1. The molecule has 1 heterocycles. The van der Waals surface area contributed by atoms with Crippen molar-refractivity contribution in [2.45, 2.75) is 33.2 Å². The van der Waals surface area contributed by atoms with E-state index in [9.17, 15) is 9.59 Å². The highest BCUT2D eigenvalue weighted by Gasteiger charge is 2.52. The van der Waals surface area contributed by atoms with Crippen LogP contribution in [0.5, 0.6) is 0 Å². The van der Waals surface area contributed by atoms with Crippen molar-refractivity contribution in [1.29, 1.82) is 0 Å². The molecule has 152 valence electrons. The highest BCUT2D eigenvalue weighted by atomic mass is 16.5. The van der Waals surface area contributed by atoms with Crippen molar-refractivity contribution in [1.82, 2.24) is 0 Å². The van der Waals surface area contributed by atoms with Crippen molar-refractivity contribution in [3.8, 4) is 0 Å². The lowest BCUT2D eigenvalue weighted by molar-refractivity contribution is -0.157. The number of ether oxygens (including phenoxy) is 2. The first kappa shape index (κ1) is 20.6. The van der Waals surface area contributed by atoms with E-state index in [1.54, 1.807) is 20.8 Å². The van der Waals surface area contributed by atoms with Crippen LogP contribution >= 0.6 is 0 Å². The topological polar surface area (TPSA) is 77.0 Å². The molecule has 1 N–H and O–H groups in total. The zero-order valence-electron chi connectivity index (χ0n) is 17.2. The maximum Gasteiger partial charge on any atom is 0.332 e. The van der Waals surface area contributed by atoms with E-state index in [1.807, 2.05) is 55.5 Å². The van der Waals surface area contributed by atoms with E-state index in [-0.39, 0.29) is 13.2 Å². The van der Waals surface area contributed by atoms with Crippen LogP contribution in [0.2, 0.25) is 0 Å². The number of nitrogens with one attached hydrogen (secondary N) is 1. The first-order chi connectivity index (χ1) is 13.9. The van der Waals surface area contributed by atoms with Crippen LogP contribution in [0.3, 0.4) is 0 Å². The summed E-state index contributed by atoms with van der Waals surface area (Å²) in [7, 11) is 0. The third-order valence-electron chi connectivity index (χ3n) is 4.93. The molecule has 6 nitrogen and oxygen atoms in total. The first-order valence-electron chi connectivity index (χ1n) is 9.77. The van der Waals surface area contributed by atoms with Crippen molar-refractivity contribution < 1.29 is 19.1 Å². The number of hydrogen-bond donors (Lipinski definition) is 1. The van der Waals surface area contributed by atoms with E-state index in [0.717, 1.165) is 11.1 Å². The third-order valence-corrected chi connectivity index (χ3v) is 4.93. The summed E-state index contributed by atoms with van der Waals surface area (Å²) in [6.45, 7) is 7.50. The van der Waals surface area contributed by atoms with Crippen LogP contribution in [-0.4, -0.2) is 36.4 Å². The number of fused-ring (bicyclic) bond motifs is 1. The minimum absolute atomic E-state index is 0.197. The second-order valence-corrected chi connectivity index (χ2v) is 7.12. The molecule has 0 spiro atoms. The Balaban J connectivity index is 2.28. The van der Waals surface area contributed by atoms with E-state index in [0.29, 0.717) is 17.1 Å². The van der Waals surface area contributed by atoms with Crippen LogP contribution in [0.15, 0.2) is 53.5 Å². The molecule has 2 unspecified atom stereocenters. The van der Waals surface area contributed by atoms with Gasteiger partial charge in [-0.1, -0.05) is 36.4 Å². The number of aliphatic imine (C=N–C) groups is 1. The Morgan fingerprint density at radius 3 is 2.41 bits per heavy atom. The number of hydrogen-bond acceptors (Lipinski definition) is 6. The molecular formula is C23H26N2O4. The Morgan fingerprint density at radius 2 is 1.76 bits per heavy atom. The average Bonchev–Trinajstić information content (AvgIpc) is 2.83. The van der Waals surface area contributed by atoms with Crippen LogP contribution in [-0.2, 0) is 19.1 Å². The number of carbonyl (C=O) groups is 2. The van der Waals surface area contributed by atoms with E-state index >= 15 is 0 Å². The summed E-state index contributed by atoms with van der Waals surface area (Å²) < 4.78 is 10.7. The lowest BCUT2D eigenvalue weighted by atomic mass is 9.79. The molecule has 0 aliphatic carbocycles. The maximum atomic E-state index is 13.1. The molecule has 2 aromatic carbocycles. The van der Waals surface area contributed by atoms with Gasteiger partial charge >= 0.3 is 11.9 Å². The van der Waals surface area contributed by atoms with Gasteiger partial charge in [-0.2, -0.15) is 0 Å². The van der Waals surface area contributed by atoms with Crippen molar-refractivity contribution in [3.63, 3.8) is 0 Å². The number of carbonyl (C=O) groups excluding carboxylic acids is 2. The lowest BCUT2D eigenvalue weighted by Crippen LogP contribution is -2.56. The van der Waals surface area contributed by atoms with Gasteiger partial charge in [0.05, 0.1) is 30.3 Å². The Labute approximate surface area is 170 Å². The summed E-state index contributed by atoms with van der Waals surface area (Å²) in [5.41, 5.74) is 2.15. The molecule has 0 amide bonds. The summed E-state index contributed by atoms with van der Waals surface area (Å²) in [5, 5.41) is 3.26. The normalized spacial score (nSPS) is 20.6. The SMILES string of the molecule is CCOC(=O)C1C(c2ccccc2)=Nc2ccc(C)cc2NC1(C)C(=O)OCC. The quantitative estimate of drug-likeness (QED) is 0.775. The predicted molar refractivity (Wildman–Crippen MR) is 113 cm³/mol.